The van der Waals surface area contributed by atoms with E-state index < -0.39 is 10.0 Å². The van der Waals surface area contributed by atoms with Gasteiger partial charge < -0.3 is 5.11 Å². The molecule has 7 heteroatoms. The van der Waals surface area contributed by atoms with Crippen molar-refractivity contribution in [1.82, 2.24) is 10.2 Å². The van der Waals surface area contributed by atoms with Crippen LogP contribution in [0.2, 0.25) is 0 Å². The maximum atomic E-state index is 11.9. The van der Waals surface area contributed by atoms with Gasteiger partial charge in [0.25, 0.3) is 0 Å². The second-order valence-corrected chi connectivity index (χ2v) is 5.67. The maximum Gasteiger partial charge on any atom is 0.238 e. The van der Waals surface area contributed by atoms with Crippen LogP contribution in [-0.4, -0.2) is 23.7 Å². The van der Waals surface area contributed by atoms with Crippen LogP contribution in [0.4, 0.5) is 5.82 Å². The Bertz CT molecular complexity index is 644. The van der Waals surface area contributed by atoms with Crippen LogP contribution in [0.5, 0.6) is 0 Å². The van der Waals surface area contributed by atoms with E-state index in [0.29, 0.717) is 11.1 Å². The molecule has 0 saturated heterocycles. The van der Waals surface area contributed by atoms with Gasteiger partial charge in [0.15, 0.2) is 5.82 Å². The lowest BCUT2D eigenvalue weighted by molar-refractivity contribution is 0.282. The fourth-order valence-electron chi connectivity index (χ4n) is 1.59. The van der Waals surface area contributed by atoms with Crippen LogP contribution in [0, 0.1) is 0 Å². The van der Waals surface area contributed by atoms with Gasteiger partial charge in [-0.3, -0.25) is 4.72 Å². The number of hydrogen-bond acceptors (Lipinski definition) is 5. The zero-order valence-corrected chi connectivity index (χ0v) is 10.8. The molecule has 2 aromatic rings. The summed E-state index contributed by atoms with van der Waals surface area (Å²) >= 11 is 0. The van der Waals surface area contributed by atoms with E-state index in [4.69, 9.17) is 5.11 Å². The minimum atomic E-state index is -3.55. The van der Waals surface area contributed by atoms with Crippen LogP contribution >= 0.6 is 0 Å². The van der Waals surface area contributed by atoms with Gasteiger partial charge in [0.1, 0.15) is 0 Å². The number of benzene rings is 1. The van der Waals surface area contributed by atoms with Crippen molar-refractivity contribution in [2.75, 3.05) is 4.72 Å². The molecule has 0 aliphatic rings. The van der Waals surface area contributed by atoms with Gasteiger partial charge in [0.05, 0.1) is 12.4 Å². The van der Waals surface area contributed by atoms with Gasteiger partial charge in [-0.25, -0.2) is 8.42 Å². The molecular formula is C12H13N3O3S. The number of hydrogen-bond donors (Lipinski definition) is 2. The second kappa shape index (κ2) is 5.77. The first-order chi connectivity index (χ1) is 9.09. The topological polar surface area (TPSA) is 92.2 Å². The zero-order chi connectivity index (χ0) is 13.7. The molecule has 0 amide bonds. The van der Waals surface area contributed by atoms with Gasteiger partial charge in [-0.1, -0.05) is 24.3 Å². The Morgan fingerprint density at radius 2 is 1.95 bits per heavy atom. The molecule has 19 heavy (non-hydrogen) atoms. The molecule has 1 aromatic heterocycles. The van der Waals surface area contributed by atoms with Crippen molar-refractivity contribution >= 4 is 15.8 Å². The summed E-state index contributed by atoms with van der Waals surface area (Å²) in [5.41, 5.74) is 1.27. The predicted octanol–water partition coefficient (Wildman–Crippen LogP) is 0.911. The Labute approximate surface area is 111 Å². The third kappa shape index (κ3) is 4.01. The summed E-state index contributed by atoms with van der Waals surface area (Å²) in [6.45, 7) is -0.120. The summed E-state index contributed by atoms with van der Waals surface area (Å²) in [4.78, 5) is 0. The van der Waals surface area contributed by atoms with E-state index in [0.717, 1.165) is 0 Å². The molecule has 1 heterocycles. The van der Waals surface area contributed by atoms with E-state index in [9.17, 15) is 8.42 Å². The van der Waals surface area contributed by atoms with Gasteiger partial charge in [-0.2, -0.15) is 5.10 Å². The van der Waals surface area contributed by atoms with E-state index in [1.807, 2.05) is 0 Å². The van der Waals surface area contributed by atoms with Gasteiger partial charge >= 0.3 is 0 Å². The lowest BCUT2D eigenvalue weighted by Gasteiger charge is -2.07. The van der Waals surface area contributed by atoms with Gasteiger partial charge in [0.2, 0.25) is 10.0 Å². The minimum Gasteiger partial charge on any atom is -0.392 e. The van der Waals surface area contributed by atoms with Gasteiger partial charge in [-0.15, -0.1) is 5.10 Å². The Balaban J connectivity index is 2.12. The largest absolute Gasteiger partial charge is 0.392 e. The number of aromatic nitrogens is 2. The van der Waals surface area contributed by atoms with Crippen LogP contribution < -0.4 is 4.72 Å². The highest BCUT2D eigenvalue weighted by Crippen LogP contribution is 2.11. The summed E-state index contributed by atoms with van der Waals surface area (Å²) in [6, 6.07) is 9.89. The third-order valence-corrected chi connectivity index (χ3v) is 3.60. The first-order valence-electron chi connectivity index (χ1n) is 5.56. The lowest BCUT2D eigenvalue weighted by Crippen LogP contribution is -2.16. The fraction of sp³-hybridized carbons (Fsp3) is 0.167. The molecule has 6 nitrogen and oxygen atoms in total. The van der Waals surface area contributed by atoms with Crippen molar-refractivity contribution in [1.29, 1.82) is 0 Å². The number of nitrogens with one attached hydrogen (secondary N) is 1. The number of anilines is 1. The molecule has 2 N–H and O–H groups in total. The fourth-order valence-corrected chi connectivity index (χ4v) is 2.71. The van der Waals surface area contributed by atoms with Crippen molar-refractivity contribution < 1.29 is 13.5 Å². The van der Waals surface area contributed by atoms with E-state index in [1.165, 1.54) is 12.3 Å². The van der Waals surface area contributed by atoms with Crippen molar-refractivity contribution in [2.45, 2.75) is 12.4 Å². The highest BCUT2D eigenvalue weighted by molar-refractivity contribution is 7.91. The summed E-state index contributed by atoms with van der Waals surface area (Å²) < 4.78 is 26.2. The van der Waals surface area contributed by atoms with Crippen LogP contribution in [-0.2, 0) is 22.4 Å². The number of aliphatic hydroxyl groups excluding tert-OH is 1. The second-order valence-electron chi connectivity index (χ2n) is 3.95. The SMILES string of the molecule is O=S(=O)(Cc1cccc(CO)c1)Nc1cccnn1. The van der Waals surface area contributed by atoms with Crippen molar-refractivity contribution in [3.8, 4) is 0 Å². The van der Waals surface area contributed by atoms with E-state index in [-0.39, 0.29) is 18.2 Å². The molecule has 0 aliphatic carbocycles. The molecule has 0 saturated carbocycles. The van der Waals surface area contributed by atoms with Crippen LogP contribution in [0.1, 0.15) is 11.1 Å². The molecule has 0 radical (unpaired) electrons. The monoisotopic (exact) mass is 279 g/mol. The van der Waals surface area contributed by atoms with E-state index >= 15 is 0 Å². The van der Waals surface area contributed by atoms with Gasteiger partial charge in [0, 0.05) is 6.20 Å². The summed E-state index contributed by atoms with van der Waals surface area (Å²) in [5, 5.41) is 16.3. The molecule has 0 spiro atoms. The van der Waals surface area contributed by atoms with Gasteiger partial charge in [-0.05, 0) is 23.3 Å². The standard InChI is InChI=1S/C12H13N3O3S/c16-8-10-3-1-4-11(7-10)9-19(17,18)15-12-5-2-6-13-14-12/h1-7,16H,8-9H2,(H,14,15). The quantitative estimate of drug-likeness (QED) is 0.848. The molecule has 0 bridgehead atoms. The maximum absolute atomic E-state index is 11.9. The number of rotatable bonds is 5. The number of nitrogens with zero attached hydrogens (tertiary/aromatic N) is 2. The highest BCUT2D eigenvalue weighted by Gasteiger charge is 2.12. The van der Waals surface area contributed by atoms with E-state index in [1.54, 1.807) is 30.3 Å². The Morgan fingerprint density at radius 1 is 1.16 bits per heavy atom. The minimum absolute atomic E-state index is 0.120. The molecule has 0 fully saturated rings. The normalized spacial score (nSPS) is 11.2. The van der Waals surface area contributed by atoms with E-state index in [2.05, 4.69) is 14.9 Å². The molecule has 0 aliphatic heterocycles. The first-order valence-corrected chi connectivity index (χ1v) is 7.21. The molecule has 1 aromatic carbocycles. The molecule has 2 rings (SSSR count). The predicted molar refractivity (Wildman–Crippen MR) is 70.6 cm³/mol. The van der Waals surface area contributed by atoms with Crippen LogP contribution in [0.15, 0.2) is 42.6 Å². The molecular weight excluding hydrogens is 266 g/mol. The summed E-state index contributed by atoms with van der Waals surface area (Å²) in [6.07, 6.45) is 1.46. The summed E-state index contributed by atoms with van der Waals surface area (Å²) in [7, 11) is -3.55. The van der Waals surface area contributed by atoms with Crippen LogP contribution in [0.3, 0.4) is 0 Å². The first kappa shape index (κ1) is 13.4. The third-order valence-electron chi connectivity index (χ3n) is 2.36. The smallest absolute Gasteiger partial charge is 0.238 e. The Morgan fingerprint density at radius 3 is 2.63 bits per heavy atom. The summed E-state index contributed by atoms with van der Waals surface area (Å²) in [5.74, 6) is -0.00181. The molecule has 100 valence electrons. The molecule has 0 atom stereocenters. The highest BCUT2D eigenvalue weighted by atomic mass is 32.2. The van der Waals surface area contributed by atoms with Crippen molar-refractivity contribution in [3.63, 3.8) is 0 Å². The molecule has 0 unspecified atom stereocenters. The van der Waals surface area contributed by atoms with Crippen LogP contribution in [0.25, 0.3) is 0 Å². The van der Waals surface area contributed by atoms with Crippen molar-refractivity contribution in [3.05, 3.63) is 53.7 Å². The number of aliphatic hydroxyl groups is 1. The van der Waals surface area contributed by atoms with Crippen molar-refractivity contribution in [2.24, 2.45) is 0 Å². The average molecular weight is 279 g/mol. The lowest BCUT2D eigenvalue weighted by atomic mass is 10.1. The number of sulfonamides is 1. The Hall–Kier alpha value is -1.99. The zero-order valence-electron chi connectivity index (χ0n) is 10.0. The Kier molecular flexibility index (Phi) is 4.08. The average Bonchev–Trinajstić information content (AvgIpc) is 2.39.